The van der Waals surface area contributed by atoms with Crippen LogP contribution in [0.1, 0.15) is 10.5 Å². The normalized spacial score (nSPS) is 14.3. The van der Waals surface area contributed by atoms with Crippen LogP contribution in [0.15, 0.2) is 46.4 Å². The van der Waals surface area contributed by atoms with Crippen molar-refractivity contribution in [2.45, 2.75) is 0 Å². The Morgan fingerprint density at radius 3 is 2.71 bits per heavy atom. The van der Waals surface area contributed by atoms with Crippen LogP contribution in [0.4, 0.5) is 11.4 Å². The van der Waals surface area contributed by atoms with E-state index in [1.165, 1.54) is 17.4 Å². The molecule has 1 aliphatic rings. The summed E-state index contributed by atoms with van der Waals surface area (Å²) in [7, 11) is 0. The van der Waals surface area contributed by atoms with Crippen LogP contribution in [0, 0.1) is 10.1 Å². The van der Waals surface area contributed by atoms with Crippen LogP contribution in [0.3, 0.4) is 0 Å². The molecule has 0 aliphatic carbocycles. The van der Waals surface area contributed by atoms with E-state index >= 15 is 0 Å². The number of halogens is 1. The number of anilines is 1. The Labute approximate surface area is 169 Å². The standard InChI is InChI=1S/C18H15ClN4O4S/c19-12-3-4-14(15(10-12)23(25)26)21-5-7-22(8-6-21)18(24)13-11-28-17(20-13)16-2-1-9-27-16/h1-4,9-11H,5-8H2. The number of hydrogen-bond donors (Lipinski definition) is 0. The number of rotatable bonds is 4. The Kier molecular flexibility index (Phi) is 5.01. The molecule has 0 unspecified atom stereocenters. The first kappa shape index (κ1) is 18.5. The van der Waals surface area contributed by atoms with Crippen LogP contribution in [0.2, 0.25) is 5.02 Å². The van der Waals surface area contributed by atoms with E-state index in [2.05, 4.69) is 4.98 Å². The number of furan rings is 1. The van der Waals surface area contributed by atoms with Crippen molar-refractivity contribution in [1.29, 1.82) is 0 Å². The summed E-state index contributed by atoms with van der Waals surface area (Å²) in [6.07, 6.45) is 1.56. The number of nitro benzene ring substituents is 1. The Bertz CT molecular complexity index is 1010. The highest BCUT2D eigenvalue weighted by Crippen LogP contribution is 2.32. The molecular formula is C18H15ClN4O4S. The summed E-state index contributed by atoms with van der Waals surface area (Å²) < 4.78 is 5.31. The van der Waals surface area contributed by atoms with Gasteiger partial charge in [0.25, 0.3) is 11.6 Å². The summed E-state index contributed by atoms with van der Waals surface area (Å²) in [6, 6.07) is 8.19. The molecular weight excluding hydrogens is 404 g/mol. The number of nitro groups is 1. The lowest BCUT2D eigenvalue weighted by molar-refractivity contribution is -0.384. The minimum absolute atomic E-state index is 0.0325. The maximum absolute atomic E-state index is 12.7. The summed E-state index contributed by atoms with van der Waals surface area (Å²) in [5, 5.41) is 14.0. The van der Waals surface area contributed by atoms with Gasteiger partial charge in [-0.2, -0.15) is 0 Å². The number of aromatic nitrogens is 1. The predicted molar refractivity (Wildman–Crippen MR) is 106 cm³/mol. The molecule has 2 aromatic heterocycles. The average Bonchev–Trinajstić information content (AvgIpc) is 3.39. The minimum Gasteiger partial charge on any atom is -0.462 e. The van der Waals surface area contributed by atoms with Gasteiger partial charge in [-0.3, -0.25) is 14.9 Å². The third-order valence-electron chi connectivity index (χ3n) is 4.50. The van der Waals surface area contributed by atoms with Gasteiger partial charge in [0.05, 0.1) is 11.2 Å². The number of carbonyl (C=O) groups is 1. The maximum Gasteiger partial charge on any atom is 0.294 e. The lowest BCUT2D eigenvalue weighted by Crippen LogP contribution is -2.49. The second-order valence-electron chi connectivity index (χ2n) is 6.18. The average molecular weight is 419 g/mol. The number of piperazine rings is 1. The SMILES string of the molecule is O=C(c1csc(-c2ccco2)n1)N1CCN(c2ccc(Cl)cc2[N+](=O)[O-])CC1. The number of thiazole rings is 1. The third-order valence-corrected chi connectivity index (χ3v) is 5.59. The molecule has 0 N–H and O–H groups in total. The second-order valence-corrected chi connectivity index (χ2v) is 7.48. The maximum atomic E-state index is 12.7. The fourth-order valence-corrected chi connectivity index (χ4v) is 4.03. The lowest BCUT2D eigenvalue weighted by atomic mass is 10.2. The molecule has 0 saturated carbocycles. The van der Waals surface area contributed by atoms with Gasteiger partial charge in [-0.25, -0.2) is 4.98 Å². The summed E-state index contributed by atoms with van der Waals surface area (Å²) in [4.78, 5) is 31.6. The van der Waals surface area contributed by atoms with E-state index in [1.54, 1.807) is 40.8 Å². The van der Waals surface area contributed by atoms with Crippen LogP contribution in [-0.4, -0.2) is 46.9 Å². The predicted octanol–water partition coefficient (Wildman–Crippen LogP) is 3.93. The number of carbonyl (C=O) groups excluding carboxylic acids is 1. The van der Waals surface area contributed by atoms with Crippen LogP contribution in [0.5, 0.6) is 0 Å². The van der Waals surface area contributed by atoms with Gasteiger partial charge in [0.15, 0.2) is 10.8 Å². The fourth-order valence-electron chi connectivity index (χ4n) is 3.11. The summed E-state index contributed by atoms with van der Waals surface area (Å²) in [6.45, 7) is 1.88. The van der Waals surface area contributed by atoms with Gasteiger partial charge < -0.3 is 14.2 Å². The first-order chi connectivity index (χ1) is 13.5. The molecule has 0 spiro atoms. The highest BCUT2D eigenvalue weighted by Gasteiger charge is 2.27. The molecule has 3 heterocycles. The quantitative estimate of drug-likeness (QED) is 0.470. The van der Waals surface area contributed by atoms with Crippen LogP contribution >= 0.6 is 22.9 Å². The van der Waals surface area contributed by atoms with E-state index in [0.717, 1.165) is 0 Å². The molecule has 1 fully saturated rings. The first-order valence-electron chi connectivity index (χ1n) is 8.50. The van der Waals surface area contributed by atoms with Gasteiger partial charge in [-0.15, -0.1) is 11.3 Å². The van der Waals surface area contributed by atoms with Crippen molar-refractivity contribution < 1.29 is 14.1 Å². The van der Waals surface area contributed by atoms with Gasteiger partial charge >= 0.3 is 0 Å². The molecule has 8 nitrogen and oxygen atoms in total. The topological polar surface area (TPSA) is 92.7 Å². The molecule has 1 saturated heterocycles. The molecule has 0 radical (unpaired) electrons. The number of nitrogens with zero attached hydrogens (tertiary/aromatic N) is 4. The van der Waals surface area contributed by atoms with Gasteiger partial charge in [0.1, 0.15) is 11.4 Å². The second kappa shape index (κ2) is 7.61. The molecule has 144 valence electrons. The Morgan fingerprint density at radius 2 is 2.04 bits per heavy atom. The molecule has 4 rings (SSSR count). The summed E-state index contributed by atoms with van der Waals surface area (Å²) in [5.41, 5.74) is 0.854. The third kappa shape index (κ3) is 3.58. The molecule has 28 heavy (non-hydrogen) atoms. The number of amides is 1. The van der Waals surface area contributed by atoms with Crippen molar-refractivity contribution in [2.75, 3.05) is 31.1 Å². The monoisotopic (exact) mass is 418 g/mol. The molecule has 1 aromatic carbocycles. The first-order valence-corrected chi connectivity index (χ1v) is 9.76. The minimum atomic E-state index is -0.440. The van der Waals surface area contributed by atoms with Crippen molar-refractivity contribution in [2.24, 2.45) is 0 Å². The van der Waals surface area contributed by atoms with Crippen LogP contribution in [-0.2, 0) is 0 Å². The van der Waals surface area contributed by atoms with Crippen molar-refractivity contribution in [3.63, 3.8) is 0 Å². The molecule has 10 heteroatoms. The Balaban J connectivity index is 1.45. The number of hydrogen-bond acceptors (Lipinski definition) is 7. The van der Waals surface area contributed by atoms with Crippen LogP contribution in [0.25, 0.3) is 10.8 Å². The van der Waals surface area contributed by atoms with E-state index in [0.29, 0.717) is 53.4 Å². The van der Waals surface area contributed by atoms with Crippen molar-refractivity contribution in [1.82, 2.24) is 9.88 Å². The molecule has 1 amide bonds. The van der Waals surface area contributed by atoms with Gasteiger partial charge in [0.2, 0.25) is 0 Å². The van der Waals surface area contributed by atoms with E-state index in [4.69, 9.17) is 16.0 Å². The Hall–Kier alpha value is -2.91. The van der Waals surface area contributed by atoms with E-state index < -0.39 is 4.92 Å². The van der Waals surface area contributed by atoms with E-state index in [-0.39, 0.29) is 11.6 Å². The highest BCUT2D eigenvalue weighted by atomic mass is 35.5. The largest absolute Gasteiger partial charge is 0.462 e. The molecule has 0 bridgehead atoms. The molecule has 0 atom stereocenters. The molecule has 1 aliphatic heterocycles. The number of benzene rings is 1. The lowest BCUT2D eigenvalue weighted by Gasteiger charge is -2.35. The fraction of sp³-hybridized carbons (Fsp3) is 0.222. The summed E-state index contributed by atoms with van der Waals surface area (Å²) in [5.74, 6) is 0.475. The van der Waals surface area contributed by atoms with Crippen LogP contribution < -0.4 is 4.90 Å². The van der Waals surface area contributed by atoms with Gasteiger partial charge in [-0.05, 0) is 24.3 Å². The summed E-state index contributed by atoms with van der Waals surface area (Å²) >= 11 is 7.24. The smallest absolute Gasteiger partial charge is 0.294 e. The Morgan fingerprint density at radius 1 is 1.25 bits per heavy atom. The van der Waals surface area contributed by atoms with E-state index in [9.17, 15) is 14.9 Å². The van der Waals surface area contributed by atoms with Crippen molar-refractivity contribution in [3.05, 3.63) is 62.8 Å². The van der Waals surface area contributed by atoms with Crippen molar-refractivity contribution in [3.8, 4) is 10.8 Å². The van der Waals surface area contributed by atoms with Gasteiger partial charge in [-0.1, -0.05) is 11.6 Å². The zero-order chi connectivity index (χ0) is 19.7. The highest BCUT2D eigenvalue weighted by molar-refractivity contribution is 7.13. The van der Waals surface area contributed by atoms with E-state index in [1.807, 2.05) is 4.90 Å². The zero-order valence-corrected chi connectivity index (χ0v) is 16.2. The van der Waals surface area contributed by atoms with Crippen molar-refractivity contribution >= 4 is 40.2 Å². The molecule has 3 aromatic rings. The van der Waals surface area contributed by atoms with Gasteiger partial charge in [0, 0.05) is 42.6 Å². The zero-order valence-electron chi connectivity index (χ0n) is 14.6.